The van der Waals surface area contributed by atoms with Crippen molar-refractivity contribution >= 4 is 18.4 Å². The van der Waals surface area contributed by atoms with Gasteiger partial charge in [0.05, 0.1) is 19.4 Å². The summed E-state index contributed by atoms with van der Waals surface area (Å²) in [5.41, 5.74) is 0.513. The van der Waals surface area contributed by atoms with Gasteiger partial charge in [-0.15, -0.1) is 5.10 Å². The Labute approximate surface area is 140 Å². The fourth-order valence-corrected chi connectivity index (χ4v) is 2.00. The Morgan fingerprint density at radius 1 is 1.33 bits per heavy atom. The van der Waals surface area contributed by atoms with Gasteiger partial charge in [-0.25, -0.2) is 5.10 Å². The first-order valence-corrected chi connectivity index (χ1v) is 7.27. The monoisotopic (exact) mass is 360 g/mol. The van der Waals surface area contributed by atoms with Gasteiger partial charge in [-0.3, -0.25) is 0 Å². The molecule has 0 radical (unpaired) electrons. The molecule has 0 spiro atoms. The minimum absolute atomic E-state index is 0.0444. The van der Waals surface area contributed by atoms with Crippen molar-refractivity contribution in [3.05, 3.63) is 34.4 Å². The highest BCUT2D eigenvalue weighted by molar-refractivity contribution is 7.71. The average molecular weight is 360 g/mol. The number of hydrogen-bond donors (Lipinski definition) is 1. The van der Waals surface area contributed by atoms with Crippen LogP contribution in [-0.2, 0) is 6.18 Å². The van der Waals surface area contributed by atoms with Gasteiger partial charge in [0, 0.05) is 0 Å². The Bertz CT molecular complexity index is 796. The molecule has 0 unspecified atom stereocenters. The van der Waals surface area contributed by atoms with Gasteiger partial charge in [-0.1, -0.05) is 0 Å². The number of benzene rings is 1. The summed E-state index contributed by atoms with van der Waals surface area (Å²) in [6, 6.07) is 4.89. The third-order valence-electron chi connectivity index (χ3n) is 2.78. The van der Waals surface area contributed by atoms with Crippen LogP contribution in [0.15, 0.2) is 23.3 Å². The van der Waals surface area contributed by atoms with Crippen LogP contribution in [0.1, 0.15) is 25.2 Å². The van der Waals surface area contributed by atoms with E-state index in [0.29, 0.717) is 21.7 Å². The van der Waals surface area contributed by atoms with Crippen LogP contribution in [0.4, 0.5) is 13.2 Å². The molecule has 2 rings (SSSR count). The maximum absolute atomic E-state index is 12.8. The van der Waals surface area contributed by atoms with E-state index in [9.17, 15) is 13.2 Å². The summed E-state index contributed by atoms with van der Waals surface area (Å²) in [5.74, 6) is -0.254. The molecule has 0 fully saturated rings. The summed E-state index contributed by atoms with van der Waals surface area (Å²) in [5, 5.41) is 8.96. The number of alkyl halides is 3. The highest BCUT2D eigenvalue weighted by atomic mass is 32.1. The number of hydrogen-bond acceptors (Lipinski definition) is 5. The average Bonchev–Trinajstić information content (AvgIpc) is 2.86. The van der Waals surface area contributed by atoms with E-state index < -0.39 is 12.0 Å². The first-order valence-electron chi connectivity index (χ1n) is 6.86. The SMILES string of the molecule is COc1cc(/C=N/n2c(C(F)(F)F)n[nH]c2=S)ccc1OC(C)C. The van der Waals surface area contributed by atoms with E-state index in [4.69, 9.17) is 21.7 Å². The highest BCUT2D eigenvalue weighted by Crippen LogP contribution is 2.29. The molecule has 24 heavy (non-hydrogen) atoms. The summed E-state index contributed by atoms with van der Waals surface area (Å²) < 4.78 is 49.5. The van der Waals surface area contributed by atoms with E-state index >= 15 is 0 Å². The summed E-state index contributed by atoms with van der Waals surface area (Å²) in [6.45, 7) is 3.74. The fourth-order valence-electron chi connectivity index (χ4n) is 1.82. The molecule has 1 N–H and O–H groups in total. The molecule has 1 aromatic heterocycles. The molecule has 130 valence electrons. The second-order valence-corrected chi connectivity index (χ2v) is 5.37. The number of nitrogens with zero attached hydrogens (tertiary/aromatic N) is 3. The molecule has 1 aromatic carbocycles. The Morgan fingerprint density at radius 2 is 2.04 bits per heavy atom. The number of ether oxygens (including phenoxy) is 2. The predicted octanol–water partition coefficient (Wildman–Crippen LogP) is 3.64. The molecule has 0 aliphatic rings. The molecule has 0 amide bonds. The molecular weight excluding hydrogens is 345 g/mol. The van der Waals surface area contributed by atoms with Crippen molar-refractivity contribution in [3.8, 4) is 11.5 Å². The topological polar surface area (TPSA) is 64.4 Å². The van der Waals surface area contributed by atoms with Crippen molar-refractivity contribution in [1.82, 2.24) is 14.9 Å². The quantitative estimate of drug-likeness (QED) is 0.653. The first kappa shape index (κ1) is 18.0. The number of H-pyrrole nitrogens is 1. The van der Waals surface area contributed by atoms with Gasteiger partial charge in [-0.2, -0.15) is 22.9 Å². The maximum Gasteiger partial charge on any atom is 0.453 e. The van der Waals surface area contributed by atoms with Crippen molar-refractivity contribution in [2.45, 2.75) is 26.1 Å². The lowest BCUT2D eigenvalue weighted by atomic mass is 10.2. The molecule has 0 aliphatic heterocycles. The van der Waals surface area contributed by atoms with Gasteiger partial charge >= 0.3 is 6.18 Å². The van der Waals surface area contributed by atoms with E-state index in [1.165, 1.54) is 13.3 Å². The van der Waals surface area contributed by atoms with Crippen molar-refractivity contribution < 1.29 is 22.6 Å². The van der Waals surface area contributed by atoms with Crippen molar-refractivity contribution in [2.75, 3.05) is 7.11 Å². The van der Waals surface area contributed by atoms with E-state index in [-0.39, 0.29) is 10.9 Å². The number of aromatic nitrogens is 3. The molecule has 0 atom stereocenters. The minimum atomic E-state index is -4.67. The van der Waals surface area contributed by atoms with Crippen LogP contribution in [0.3, 0.4) is 0 Å². The van der Waals surface area contributed by atoms with E-state index in [0.717, 1.165) is 0 Å². The number of aromatic amines is 1. The Morgan fingerprint density at radius 3 is 2.62 bits per heavy atom. The number of rotatable bonds is 5. The van der Waals surface area contributed by atoms with E-state index in [1.807, 2.05) is 13.8 Å². The molecule has 0 saturated heterocycles. The first-order chi connectivity index (χ1) is 11.2. The minimum Gasteiger partial charge on any atom is -0.493 e. The van der Waals surface area contributed by atoms with E-state index in [1.54, 1.807) is 18.2 Å². The van der Waals surface area contributed by atoms with Gasteiger partial charge in [0.25, 0.3) is 5.82 Å². The van der Waals surface area contributed by atoms with Crippen molar-refractivity contribution in [2.24, 2.45) is 5.10 Å². The lowest BCUT2D eigenvalue weighted by Gasteiger charge is -2.13. The van der Waals surface area contributed by atoms with Crippen LogP contribution in [0.25, 0.3) is 0 Å². The van der Waals surface area contributed by atoms with Gasteiger partial charge in [-0.05, 0) is 49.8 Å². The third kappa shape index (κ3) is 4.13. The lowest BCUT2D eigenvalue weighted by Crippen LogP contribution is -2.12. The fraction of sp³-hybridized carbons (Fsp3) is 0.357. The van der Waals surface area contributed by atoms with Gasteiger partial charge in [0.1, 0.15) is 0 Å². The molecule has 0 saturated carbocycles. The summed E-state index contributed by atoms with van der Waals surface area (Å²) in [4.78, 5) is 0. The van der Waals surface area contributed by atoms with Crippen molar-refractivity contribution in [3.63, 3.8) is 0 Å². The van der Waals surface area contributed by atoms with Crippen LogP contribution >= 0.6 is 12.2 Å². The van der Waals surface area contributed by atoms with Gasteiger partial charge < -0.3 is 9.47 Å². The van der Waals surface area contributed by atoms with Crippen LogP contribution in [-0.4, -0.2) is 34.3 Å². The van der Waals surface area contributed by atoms with Crippen LogP contribution in [0, 0.1) is 4.77 Å². The molecule has 6 nitrogen and oxygen atoms in total. The molecule has 0 bridgehead atoms. The second-order valence-electron chi connectivity index (χ2n) is 4.98. The standard InChI is InChI=1S/C14H15F3N4O2S/c1-8(2)23-10-5-4-9(6-11(10)22-3)7-18-21-12(14(15,16)17)19-20-13(21)24/h4-8H,1-3H3,(H,20,24)/b18-7+. The van der Waals surface area contributed by atoms with Crippen LogP contribution in [0.2, 0.25) is 0 Å². The Hall–Kier alpha value is -2.36. The highest BCUT2D eigenvalue weighted by Gasteiger charge is 2.37. The zero-order chi connectivity index (χ0) is 17.9. The normalized spacial score (nSPS) is 12.1. The predicted molar refractivity (Wildman–Crippen MR) is 84.2 cm³/mol. The molecular formula is C14H15F3N4O2S. The van der Waals surface area contributed by atoms with Gasteiger partial charge in [0.15, 0.2) is 11.5 Å². The summed E-state index contributed by atoms with van der Waals surface area (Å²) in [7, 11) is 1.47. The number of halogens is 3. The van der Waals surface area contributed by atoms with E-state index in [2.05, 4.69) is 15.3 Å². The molecule has 1 heterocycles. The molecule has 0 aliphatic carbocycles. The number of methoxy groups -OCH3 is 1. The smallest absolute Gasteiger partial charge is 0.453 e. The molecule has 2 aromatic rings. The molecule has 10 heteroatoms. The van der Waals surface area contributed by atoms with Crippen LogP contribution < -0.4 is 9.47 Å². The maximum atomic E-state index is 12.8. The summed E-state index contributed by atoms with van der Waals surface area (Å²) >= 11 is 4.76. The number of nitrogens with one attached hydrogen (secondary N) is 1. The van der Waals surface area contributed by atoms with Crippen LogP contribution in [0.5, 0.6) is 11.5 Å². The van der Waals surface area contributed by atoms with Crippen molar-refractivity contribution in [1.29, 1.82) is 0 Å². The zero-order valence-corrected chi connectivity index (χ0v) is 13.9. The van der Waals surface area contributed by atoms with Gasteiger partial charge in [0.2, 0.25) is 4.77 Å². The summed E-state index contributed by atoms with van der Waals surface area (Å²) in [6.07, 6.45) is -3.49. The Kier molecular flexibility index (Phi) is 5.27. The zero-order valence-electron chi connectivity index (χ0n) is 13.1. The second kappa shape index (κ2) is 7.04. The lowest BCUT2D eigenvalue weighted by molar-refractivity contribution is -0.147. The third-order valence-corrected chi connectivity index (χ3v) is 3.04. The largest absolute Gasteiger partial charge is 0.493 e. The Balaban J connectivity index is 2.34.